The standard InChI is InChI=1S/C14H15F7O2/c1-10(2)6-4-5-11(10,3)8(22)7(6)9(23)12(15,16)13(17,18)14(19,20)21/h6-7H,4-5H2,1-3H3/t6-,7+,11+/m0/s1. The van der Waals surface area contributed by atoms with E-state index in [1.54, 1.807) is 0 Å². The van der Waals surface area contributed by atoms with E-state index in [1.165, 1.54) is 20.8 Å². The fourth-order valence-electron chi connectivity index (χ4n) is 3.92. The van der Waals surface area contributed by atoms with Gasteiger partial charge in [0.15, 0.2) is 0 Å². The van der Waals surface area contributed by atoms with Crippen molar-refractivity contribution < 1.29 is 40.3 Å². The van der Waals surface area contributed by atoms with E-state index in [0.717, 1.165) is 0 Å². The van der Waals surface area contributed by atoms with Crippen LogP contribution in [0.15, 0.2) is 0 Å². The monoisotopic (exact) mass is 348 g/mol. The van der Waals surface area contributed by atoms with E-state index in [2.05, 4.69) is 0 Å². The lowest BCUT2D eigenvalue weighted by Gasteiger charge is -2.32. The Bertz CT molecular complexity index is 564. The number of rotatable bonds is 3. The summed E-state index contributed by atoms with van der Waals surface area (Å²) in [5.41, 5.74) is -2.10. The van der Waals surface area contributed by atoms with Crippen molar-refractivity contribution in [1.82, 2.24) is 0 Å². The van der Waals surface area contributed by atoms with Gasteiger partial charge in [0.1, 0.15) is 5.78 Å². The number of fused-ring (bicyclic) bond motifs is 2. The molecule has 2 nitrogen and oxygen atoms in total. The van der Waals surface area contributed by atoms with Crippen LogP contribution in [-0.2, 0) is 9.59 Å². The lowest BCUT2D eigenvalue weighted by molar-refractivity contribution is -0.344. The van der Waals surface area contributed by atoms with Gasteiger partial charge in [-0.3, -0.25) is 9.59 Å². The molecule has 0 aromatic carbocycles. The summed E-state index contributed by atoms with van der Waals surface area (Å²) in [4.78, 5) is 24.1. The molecule has 0 spiro atoms. The summed E-state index contributed by atoms with van der Waals surface area (Å²) in [5, 5.41) is 0. The molecule has 9 heteroatoms. The maximum atomic E-state index is 13.6. The van der Waals surface area contributed by atoms with Crippen LogP contribution >= 0.6 is 0 Å². The third kappa shape index (κ3) is 1.94. The summed E-state index contributed by atoms with van der Waals surface area (Å²) < 4.78 is 90.1. The van der Waals surface area contributed by atoms with Crippen LogP contribution in [0, 0.1) is 22.7 Å². The second-order valence-electron chi connectivity index (χ2n) is 7.05. The molecular weight excluding hydrogens is 333 g/mol. The van der Waals surface area contributed by atoms with Gasteiger partial charge < -0.3 is 0 Å². The highest BCUT2D eigenvalue weighted by atomic mass is 19.4. The normalized spacial score (nSPS) is 34.1. The van der Waals surface area contributed by atoms with Gasteiger partial charge in [-0.25, -0.2) is 0 Å². The van der Waals surface area contributed by atoms with Crippen molar-refractivity contribution in [1.29, 1.82) is 0 Å². The fourth-order valence-corrected chi connectivity index (χ4v) is 3.92. The summed E-state index contributed by atoms with van der Waals surface area (Å²) in [5.74, 6) is -19.2. The van der Waals surface area contributed by atoms with E-state index >= 15 is 0 Å². The minimum Gasteiger partial charge on any atom is -0.298 e. The van der Waals surface area contributed by atoms with Gasteiger partial charge in [0, 0.05) is 5.41 Å². The third-order valence-electron chi connectivity index (χ3n) is 5.88. The van der Waals surface area contributed by atoms with Crippen LogP contribution in [-0.4, -0.2) is 29.6 Å². The van der Waals surface area contributed by atoms with Gasteiger partial charge in [0.2, 0.25) is 5.78 Å². The van der Waals surface area contributed by atoms with Gasteiger partial charge in [-0.1, -0.05) is 20.8 Å². The Labute approximate surface area is 127 Å². The minimum atomic E-state index is -6.59. The van der Waals surface area contributed by atoms with Gasteiger partial charge in [-0.15, -0.1) is 0 Å². The Hall–Kier alpha value is -1.15. The number of carbonyl (C=O) groups is 2. The zero-order valence-corrected chi connectivity index (χ0v) is 12.5. The molecule has 2 aliphatic rings. The Morgan fingerprint density at radius 2 is 1.52 bits per heavy atom. The molecule has 0 N–H and O–H groups in total. The summed E-state index contributed by atoms with van der Waals surface area (Å²) >= 11 is 0. The van der Waals surface area contributed by atoms with Crippen LogP contribution in [0.3, 0.4) is 0 Å². The highest BCUT2D eigenvalue weighted by Gasteiger charge is 2.79. The van der Waals surface area contributed by atoms with E-state index in [1.807, 2.05) is 0 Å². The van der Waals surface area contributed by atoms with Crippen LogP contribution < -0.4 is 0 Å². The summed E-state index contributed by atoms with van der Waals surface area (Å²) in [6.07, 6.45) is -6.15. The molecule has 3 atom stereocenters. The van der Waals surface area contributed by atoms with Crippen LogP contribution in [0.5, 0.6) is 0 Å². The van der Waals surface area contributed by atoms with E-state index in [0.29, 0.717) is 0 Å². The lowest BCUT2D eigenvalue weighted by Crippen LogP contribution is -2.59. The van der Waals surface area contributed by atoms with Crippen LogP contribution in [0.25, 0.3) is 0 Å². The number of halogens is 7. The Morgan fingerprint density at radius 3 is 1.87 bits per heavy atom. The first kappa shape index (κ1) is 18.2. The molecule has 2 saturated carbocycles. The second kappa shape index (κ2) is 4.47. The molecule has 132 valence electrons. The smallest absolute Gasteiger partial charge is 0.298 e. The van der Waals surface area contributed by atoms with Gasteiger partial charge in [-0.05, 0) is 24.2 Å². The van der Waals surface area contributed by atoms with E-state index in [4.69, 9.17) is 0 Å². The predicted octanol–water partition coefficient (Wildman–Crippen LogP) is 4.03. The molecule has 0 unspecified atom stereocenters. The van der Waals surface area contributed by atoms with E-state index in [-0.39, 0.29) is 12.8 Å². The first-order chi connectivity index (χ1) is 10.0. The van der Waals surface area contributed by atoms with Gasteiger partial charge in [-0.2, -0.15) is 30.7 Å². The van der Waals surface area contributed by atoms with Crippen LogP contribution in [0.4, 0.5) is 30.7 Å². The molecule has 0 aromatic rings. The van der Waals surface area contributed by atoms with Gasteiger partial charge >= 0.3 is 18.0 Å². The molecule has 2 aliphatic carbocycles. The zero-order chi connectivity index (χ0) is 18.2. The van der Waals surface area contributed by atoms with Crippen molar-refractivity contribution in [3.8, 4) is 0 Å². The Kier molecular flexibility index (Phi) is 3.54. The number of alkyl halides is 7. The van der Waals surface area contributed by atoms with Crippen molar-refractivity contribution in [3.63, 3.8) is 0 Å². The van der Waals surface area contributed by atoms with Crippen molar-refractivity contribution >= 4 is 11.6 Å². The predicted molar refractivity (Wildman–Crippen MR) is 64.1 cm³/mol. The second-order valence-corrected chi connectivity index (χ2v) is 7.05. The molecule has 2 fully saturated rings. The molecular formula is C14H15F7O2. The zero-order valence-electron chi connectivity index (χ0n) is 12.5. The number of hydrogen-bond donors (Lipinski definition) is 0. The SMILES string of the molecule is CC1(C)[C@H]2CC[C@]1(C)C(=O)[C@@H]2C(=O)C(F)(F)C(F)(F)C(F)(F)F. The molecule has 0 radical (unpaired) electrons. The summed E-state index contributed by atoms with van der Waals surface area (Å²) in [6, 6.07) is 0. The van der Waals surface area contributed by atoms with E-state index in [9.17, 15) is 40.3 Å². The summed E-state index contributed by atoms with van der Waals surface area (Å²) in [7, 11) is 0. The van der Waals surface area contributed by atoms with Crippen LogP contribution in [0.1, 0.15) is 33.6 Å². The van der Waals surface area contributed by atoms with Crippen molar-refractivity contribution in [2.75, 3.05) is 0 Å². The highest BCUT2D eigenvalue weighted by Crippen LogP contribution is 2.66. The molecule has 0 amide bonds. The lowest BCUT2D eigenvalue weighted by atomic mass is 9.70. The maximum Gasteiger partial charge on any atom is 0.460 e. The minimum absolute atomic E-state index is 0.152. The number of Topliss-reactive ketones (excluding diaryl/α,β-unsaturated/α-hetero) is 2. The average molecular weight is 348 g/mol. The number of ketones is 2. The molecule has 2 rings (SSSR count). The number of carbonyl (C=O) groups excluding carboxylic acids is 2. The Morgan fingerprint density at radius 1 is 1.04 bits per heavy atom. The topological polar surface area (TPSA) is 34.1 Å². The fraction of sp³-hybridized carbons (Fsp3) is 0.857. The van der Waals surface area contributed by atoms with Gasteiger partial charge in [0.05, 0.1) is 5.92 Å². The largest absolute Gasteiger partial charge is 0.460 e. The average Bonchev–Trinajstić information content (AvgIpc) is 2.68. The van der Waals surface area contributed by atoms with Gasteiger partial charge in [0.25, 0.3) is 0 Å². The third-order valence-corrected chi connectivity index (χ3v) is 5.88. The molecule has 0 saturated heterocycles. The highest BCUT2D eigenvalue weighted by molar-refractivity contribution is 6.10. The first-order valence-electron chi connectivity index (χ1n) is 6.94. The molecule has 2 bridgehead atoms. The quantitative estimate of drug-likeness (QED) is 0.570. The molecule has 0 aromatic heterocycles. The van der Waals surface area contributed by atoms with E-state index < -0.39 is 52.3 Å². The maximum absolute atomic E-state index is 13.6. The van der Waals surface area contributed by atoms with Crippen molar-refractivity contribution in [2.45, 2.75) is 51.6 Å². The Balaban J connectivity index is 2.45. The van der Waals surface area contributed by atoms with Crippen molar-refractivity contribution in [3.05, 3.63) is 0 Å². The molecule has 0 heterocycles. The summed E-state index contributed by atoms with van der Waals surface area (Å²) in [6.45, 7) is 4.51. The molecule has 23 heavy (non-hydrogen) atoms. The number of hydrogen-bond acceptors (Lipinski definition) is 2. The van der Waals surface area contributed by atoms with Crippen molar-refractivity contribution in [2.24, 2.45) is 22.7 Å². The first-order valence-corrected chi connectivity index (χ1v) is 6.94. The molecule has 0 aliphatic heterocycles. The van der Waals surface area contributed by atoms with Crippen LogP contribution in [0.2, 0.25) is 0 Å².